The van der Waals surface area contributed by atoms with E-state index in [0.717, 1.165) is 0 Å². The van der Waals surface area contributed by atoms with E-state index < -0.39 is 0 Å². The van der Waals surface area contributed by atoms with Crippen molar-refractivity contribution < 1.29 is 19.1 Å². The van der Waals surface area contributed by atoms with E-state index in [0.29, 0.717) is 51.2 Å². The quantitative estimate of drug-likeness (QED) is 0.722. The third kappa shape index (κ3) is 5.24. The van der Waals surface area contributed by atoms with Gasteiger partial charge in [-0.2, -0.15) is 0 Å². The lowest BCUT2D eigenvalue weighted by Gasteiger charge is -2.27. The maximum Gasteiger partial charge on any atom is 0.222 e. The number of benzene rings is 1. The largest absolute Gasteiger partial charge is 0.376 e. The topological polar surface area (TPSA) is 55.8 Å². The number of hydrogen-bond acceptors (Lipinski definition) is 4. The highest BCUT2D eigenvalue weighted by molar-refractivity contribution is 5.96. The van der Waals surface area contributed by atoms with Crippen molar-refractivity contribution in [2.45, 2.75) is 25.4 Å². The first kappa shape index (κ1) is 16.6. The molecule has 22 heavy (non-hydrogen) atoms. The minimum Gasteiger partial charge on any atom is -0.376 e. The maximum atomic E-state index is 12.1. The van der Waals surface area contributed by atoms with Crippen LogP contribution in [0.25, 0.3) is 0 Å². The van der Waals surface area contributed by atoms with Crippen LogP contribution in [0, 0.1) is 0 Å². The van der Waals surface area contributed by atoms with Gasteiger partial charge in [-0.25, -0.2) is 0 Å². The zero-order valence-electron chi connectivity index (χ0n) is 13.0. The van der Waals surface area contributed by atoms with Crippen molar-refractivity contribution in [2.24, 2.45) is 0 Å². The molecule has 2 rings (SSSR count). The van der Waals surface area contributed by atoms with E-state index in [4.69, 9.17) is 9.47 Å². The second-order valence-corrected chi connectivity index (χ2v) is 5.48. The number of carbonyl (C=O) groups excluding carboxylic acids is 2. The van der Waals surface area contributed by atoms with Crippen LogP contribution in [-0.2, 0) is 14.3 Å². The summed E-state index contributed by atoms with van der Waals surface area (Å²) in [7, 11) is 1.76. The normalized spacial score (nSPS) is 18.0. The Hall–Kier alpha value is -1.72. The standard InChI is InChI=1S/C17H23NO4/c1-18(12-15-13-21-10-11-22-15)17(20)9-5-8-16(19)14-6-3-2-4-7-14/h2-4,6-7,15H,5,8-13H2,1H3. The molecule has 1 aromatic rings. The van der Waals surface area contributed by atoms with Crippen molar-refractivity contribution in [3.05, 3.63) is 35.9 Å². The number of amides is 1. The Morgan fingerprint density at radius 3 is 2.64 bits per heavy atom. The molecule has 1 amide bonds. The van der Waals surface area contributed by atoms with Gasteiger partial charge in [-0.15, -0.1) is 0 Å². The van der Waals surface area contributed by atoms with Gasteiger partial charge in [-0.05, 0) is 6.42 Å². The fourth-order valence-corrected chi connectivity index (χ4v) is 2.41. The lowest BCUT2D eigenvalue weighted by atomic mass is 10.1. The van der Waals surface area contributed by atoms with Crippen molar-refractivity contribution in [3.63, 3.8) is 0 Å². The molecule has 1 aliphatic heterocycles. The molecule has 1 aromatic carbocycles. The van der Waals surface area contributed by atoms with E-state index in [1.54, 1.807) is 24.1 Å². The summed E-state index contributed by atoms with van der Waals surface area (Å²) < 4.78 is 10.8. The summed E-state index contributed by atoms with van der Waals surface area (Å²) in [5.74, 6) is 0.120. The number of Topliss-reactive ketones (excluding diaryl/α,β-unsaturated/α-hetero) is 1. The molecule has 0 aromatic heterocycles. The van der Waals surface area contributed by atoms with Gasteiger partial charge in [0.25, 0.3) is 0 Å². The van der Waals surface area contributed by atoms with Crippen molar-refractivity contribution in [1.82, 2.24) is 4.90 Å². The molecular formula is C17H23NO4. The number of likely N-dealkylation sites (N-methyl/N-ethyl adjacent to an activating group) is 1. The number of hydrogen-bond donors (Lipinski definition) is 0. The van der Waals surface area contributed by atoms with Gasteiger partial charge in [0, 0.05) is 32.0 Å². The summed E-state index contributed by atoms with van der Waals surface area (Å²) in [4.78, 5) is 25.7. The van der Waals surface area contributed by atoms with Gasteiger partial charge in [0.05, 0.1) is 25.9 Å². The molecule has 0 spiro atoms. The minimum absolute atomic E-state index is 0.0371. The fraction of sp³-hybridized carbons (Fsp3) is 0.529. The summed E-state index contributed by atoms with van der Waals surface area (Å²) in [6, 6.07) is 9.18. The molecule has 5 heteroatoms. The average Bonchev–Trinajstić information content (AvgIpc) is 2.56. The van der Waals surface area contributed by atoms with Gasteiger partial charge in [0.2, 0.25) is 5.91 Å². The molecule has 1 fully saturated rings. The molecule has 1 aliphatic rings. The summed E-state index contributed by atoms with van der Waals surface area (Å²) in [5, 5.41) is 0. The van der Waals surface area contributed by atoms with Crippen LogP contribution in [-0.4, -0.2) is 56.1 Å². The Labute approximate surface area is 131 Å². The van der Waals surface area contributed by atoms with E-state index in [1.165, 1.54) is 0 Å². The van der Waals surface area contributed by atoms with Gasteiger partial charge >= 0.3 is 0 Å². The van der Waals surface area contributed by atoms with E-state index in [9.17, 15) is 9.59 Å². The second kappa shape index (κ2) is 8.66. The van der Waals surface area contributed by atoms with Crippen molar-refractivity contribution in [3.8, 4) is 0 Å². The van der Waals surface area contributed by atoms with Crippen molar-refractivity contribution in [1.29, 1.82) is 0 Å². The Bertz CT molecular complexity index is 483. The number of ether oxygens (including phenoxy) is 2. The van der Waals surface area contributed by atoms with Gasteiger partial charge in [-0.1, -0.05) is 30.3 Å². The van der Waals surface area contributed by atoms with E-state index in [2.05, 4.69) is 0 Å². The number of rotatable bonds is 7. The molecule has 0 radical (unpaired) electrons. The summed E-state index contributed by atoms with van der Waals surface area (Å²) in [6.07, 6.45) is 1.29. The fourth-order valence-electron chi connectivity index (χ4n) is 2.41. The zero-order chi connectivity index (χ0) is 15.8. The van der Waals surface area contributed by atoms with Crippen LogP contribution in [0.2, 0.25) is 0 Å². The molecule has 5 nitrogen and oxygen atoms in total. The lowest BCUT2D eigenvalue weighted by Crippen LogP contribution is -2.40. The van der Waals surface area contributed by atoms with Crippen LogP contribution >= 0.6 is 0 Å². The Kier molecular flexibility index (Phi) is 6.55. The first-order valence-electron chi connectivity index (χ1n) is 7.68. The highest BCUT2D eigenvalue weighted by Gasteiger charge is 2.19. The van der Waals surface area contributed by atoms with Crippen molar-refractivity contribution >= 4 is 11.7 Å². The SMILES string of the molecule is CN(CC1COCCO1)C(=O)CCCC(=O)c1ccccc1. The molecule has 1 saturated heterocycles. The number of nitrogens with zero attached hydrogens (tertiary/aromatic N) is 1. The first-order valence-corrected chi connectivity index (χ1v) is 7.68. The third-order valence-electron chi connectivity index (χ3n) is 3.68. The molecule has 0 bridgehead atoms. The first-order chi connectivity index (χ1) is 10.7. The molecule has 120 valence electrons. The lowest BCUT2D eigenvalue weighted by molar-refractivity contribution is -0.136. The summed E-state index contributed by atoms with van der Waals surface area (Å²) >= 11 is 0. The molecule has 0 N–H and O–H groups in total. The smallest absolute Gasteiger partial charge is 0.222 e. The highest BCUT2D eigenvalue weighted by atomic mass is 16.6. The molecule has 0 aliphatic carbocycles. The third-order valence-corrected chi connectivity index (χ3v) is 3.68. The van der Waals surface area contributed by atoms with Crippen LogP contribution in [0.15, 0.2) is 30.3 Å². The monoisotopic (exact) mass is 305 g/mol. The predicted octanol–water partition coefficient (Wildman–Crippen LogP) is 1.91. The summed E-state index contributed by atoms with van der Waals surface area (Å²) in [6.45, 7) is 2.27. The molecule has 1 heterocycles. The van der Waals surface area contributed by atoms with Crippen LogP contribution in [0.5, 0.6) is 0 Å². The van der Waals surface area contributed by atoms with Crippen LogP contribution in [0.4, 0.5) is 0 Å². The average molecular weight is 305 g/mol. The van der Waals surface area contributed by atoms with Gasteiger partial charge in [0.15, 0.2) is 5.78 Å². The van der Waals surface area contributed by atoms with Crippen LogP contribution in [0.3, 0.4) is 0 Å². The minimum atomic E-state index is -0.0475. The van der Waals surface area contributed by atoms with Gasteiger partial charge in [0.1, 0.15) is 0 Å². The van der Waals surface area contributed by atoms with E-state index in [1.807, 2.05) is 18.2 Å². The highest BCUT2D eigenvalue weighted by Crippen LogP contribution is 2.09. The van der Waals surface area contributed by atoms with Gasteiger partial charge < -0.3 is 14.4 Å². The molecular weight excluding hydrogens is 282 g/mol. The molecule has 1 unspecified atom stereocenters. The number of ketones is 1. The van der Waals surface area contributed by atoms with Gasteiger partial charge in [-0.3, -0.25) is 9.59 Å². The second-order valence-electron chi connectivity index (χ2n) is 5.48. The summed E-state index contributed by atoms with van der Waals surface area (Å²) in [5.41, 5.74) is 0.705. The maximum absolute atomic E-state index is 12.1. The Morgan fingerprint density at radius 2 is 1.95 bits per heavy atom. The Balaban J connectivity index is 1.67. The molecule has 0 saturated carbocycles. The number of carbonyl (C=O) groups is 2. The zero-order valence-corrected chi connectivity index (χ0v) is 13.0. The van der Waals surface area contributed by atoms with E-state index >= 15 is 0 Å². The van der Waals surface area contributed by atoms with Crippen LogP contribution < -0.4 is 0 Å². The molecule has 1 atom stereocenters. The van der Waals surface area contributed by atoms with Crippen molar-refractivity contribution in [2.75, 3.05) is 33.4 Å². The Morgan fingerprint density at radius 1 is 1.18 bits per heavy atom. The van der Waals surface area contributed by atoms with E-state index in [-0.39, 0.29) is 17.8 Å². The van der Waals surface area contributed by atoms with Crippen LogP contribution in [0.1, 0.15) is 29.6 Å². The predicted molar refractivity (Wildman–Crippen MR) is 82.8 cm³/mol.